The van der Waals surface area contributed by atoms with Crippen LogP contribution in [0.2, 0.25) is 0 Å². The van der Waals surface area contributed by atoms with Crippen LogP contribution in [0.15, 0.2) is 51.8 Å². The first-order chi connectivity index (χ1) is 14.6. The Hall–Kier alpha value is -2.71. The number of sulfonamides is 1. The SMILES string of the molecule is CC(C)(C)c1nc2cc(NC(=O)c3cccc(S(=O)(=O)NC4CCCC4)c3)ccc2o1. The zero-order valence-corrected chi connectivity index (χ0v) is 18.8. The van der Waals surface area contributed by atoms with Gasteiger partial charge in [0.05, 0.1) is 4.90 Å². The highest BCUT2D eigenvalue weighted by Crippen LogP contribution is 2.27. The smallest absolute Gasteiger partial charge is 0.255 e. The van der Waals surface area contributed by atoms with E-state index in [1.54, 1.807) is 30.3 Å². The predicted molar refractivity (Wildman–Crippen MR) is 120 cm³/mol. The van der Waals surface area contributed by atoms with Gasteiger partial charge in [-0.25, -0.2) is 18.1 Å². The second-order valence-corrected chi connectivity index (χ2v) is 10.8. The summed E-state index contributed by atoms with van der Waals surface area (Å²) in [5.74, 6) is 0.232. The molecular weight excluding hydrogens is 414 g/mol. The Labute approximate surface area is 182 Å². The van der Waals surface area contributed by atoms with Gasteiger partial charge in [0, 0.05) is 22.7 Å². The molecule has 1 aliphatic carbocycles. The number of rotatable bonds is 5. The second kappa shape index (κ2) is 8.09. The number of hydrogen-bond donors (Lipinski definition) is 2. The molecule has 0 saturated heterocycles. The molecule has 2 aromatic carbocycles. The predicted octanol–water partition coefficient (Wildman–Crippen LogP) is 4.60. The average Bonchev–Trinajstić information content (AvgIpc) is 3.36. The maximum atomic E-state index is 12.8. The number of amides is 1. The Bertz CT molecular complexity index is 1220. The standard InChI is InChI=1S/C23H27N3O4S/c1-23(2,3)22-25-19-14-17(11-12-20(19)30-22)24-21(27)15-7-6-10-18(13-15)31(28,29)26-16-8-4-5-9-16/h6-7,10-14,16,26H,4-5,8-9H2,1-3H3,(H,24,27). The lowest BCUT2D eigenvalue weighted by molar-refractivity contribution is 0.102. The monoisotopic (exact) mass is 441 g/mol. The minimum absolute atomic E-state index is 0.0327. The summed E-state index contributed by atoms with van der Waals surface area (Å²) in [5.41, 5.74) is 1.91. The van der Waals surface area contributed by atoms with Crippen LogP contribution in [0.3, 0.4) is 0 Å². The fraction of sp³-hybridized carbons (Fsp3) is 0.391. The van der Waals surface area contributed by atoms with Crippen LogP contribution in [-0.4, -0.2) is 25.4 Å². The van der Waals surface area contributed by atoms with Gasteiger partial charge in [-0.15, -0.1) is 0 Å². The van der Waals surface area contributed by atoms with E-state index >= 15 is 0 Å². The van der Waals surface area contributed by atoms with Crippen LogP contribution in [0.4, 0.5) is 5.69 Å². The number of nitrogens with one attached hydrogen (secondary N) is 2. The van der Waals surface area contributed by atoms with Crippen LogP contribution < -0.4 is 10.0 Å². The first kappa shape index (κ1) is 21.5. The Balaban J connectivity index is 1.53. The first-order valence-corrected chi connectivity index (χ1v) is 11.9. The molecule has 31 heavy (non-hydrogen) atoms. The van der Waals surface area contributed by atoms with E-state index in [0.29, 0.717) is 22.7 Å². The van der Waals surface area contributed by atoms with E-state index in [0.717, 1.165) is 25.7 Å². The van der Waals surface area contributed by atoms with Gasteiger partial charge in [-0.1, -0.05) is 39.7 Å². The number of benzene rings is 2. The van der Waals surface area contributed by atoms with Crippen LogP contribution in [0.25, 0.3) is 11.1 Å². The molecule has 164 valence electrons. The minimum Gasteiger partial charge on any atom is -0.440 e. The van der Waals surface area contributed by atoms with Crippen LogP contribution in [0, 0.1) is 0 Å². The summed E-state index contributed by atoms with van der Waals surface area (Å²) < 4.78 is 33.9. The molecule has 1 fully saturated rings. The summed E-state index contributed by atoms with van der Waals surface area (Å²) in [6.07, 6.45) is 3.76. The van der Waals surface area contributed by atoms with Crippen molar-refractivity contribution in [3.63, 3.8) is 0 Å². The van der Waals surface area contributed by atoms with Crippen molar-refractivity contribution in [2.45, 2.75) is 62.8 Å². The van der Waals surface area contributed by atoms with Crippen molar-refractivity contribution < 1.29 is 17.6 Å². The first-order valence-electron chi connectivity index (χ1n) is 10.5. The molecule has 7 nitrogen and oxygen atoms in total. The van der Waals surface area contributed by atoms with Crippen LogP contribution in [0.1, 0.15) is 62.7 Å². The molecule has 1 amide bonds. The van der Waals surface area contributed by atoms with E-state index in [2.05, 4.69) is 15.0 Å². The van der Waals surface area contributed by atoms with Gasteiger partial charge >= 0.3 is 0 Å². The van der Waals surface area contributed by atoms with Crippen molar-refractivity contribution in [2.75, 3.05) is 5.32 Å². The van der Waals surface area contributed by atoms with Crippen molar-refractivity contribution in [3.8, 4) is 0 Å². The largest absolute Gasteiger partial charge is 0.440 e. The summed E-state index contributed by atoms with van der Waals surface area (Å²) in [5, 5.41) is 2.81. The van der Waals surface area contributed by atoms with Gasteiger partial charge in [0.25, 0.3) is 5.91 Å². The van der Waals surface area contributed by atoms with Gasteiger partial charge < -0.3 is 9.73 Å². The number of oxazole rings is 1. The van der Waals surface area contributed by atoms with Crippen LogP contribution in [-0.2, 0) is 15.4 Å². The van der Waals surface area contributed by atoms with Crippen molar-refractivity contribution >= 4 is 32.7 Å². The van der Waals surface area contributed by atoms with E-state index in [4.69, 9.17) is 4.42 Å². The maximum Gasteiger partial charge on any atom is 0.255 e. The van der Waals surface area contributed by atoms with Gasteiger partial charge in [-0.05, 0) is 49.2 Å². The number of aromatic nitrogens is 1. The third kappa shape index (κ3) is 4.80. The Kier molecular flexibility index (Phi) is 5.61. The average molecular weight is 442 g/mol. The Morgan fingerprint density at radius 2 is 1.84 bits per heavy atom. The Morgan fingerprint density at radius 3 is 2.55 bits per heavy atom. The molecule has 1 saturated carbocycles. The molecule has 2 N–H and O–H groups in total. The highest BCUT2D eigenvalue weighted by molar-refractivity contribution is 7.89. The number of fused-ring (bicyclic) bond motifs is 1. The lowest BCUT2D eigenvalue weighted by atomic mass is 9.97. The normalized spacial score (nSPS) is 15.5. The third-order valence-corrected chi connectivity index (χ3v) is 6.89. The summed E-state index contributed by atoms with van der Waals surface area (Å²) in [6.45, 7) is 6.05. The number of carbonyl (C=O) groups is 1. The molecule has 3 aromatic rings. The highest BCUT2D eigenvalue weighted by Gasteiger charge is 2.24. The summed E-state index contributed by atoms with van der Waals surface area (Å²) >= 11 is 0. The molecule has 0 atom stereocenters. The fourth-order valence-corrected chi connectivity index (χ4v) is 5.02. The van der Waals surface area contributed by atoms with Gasteiger partial charge in [-0.3, -0.25) is 4.79 Å². The molecule has 0 aliphatic heterocycles. The number of anilines is 1. The lowest BCUT2D eigenvalue weighted by Gasteiger charge is -2.13. The second-order valence-electron chi connectivity index (χ2n) is 9.04. The molecule has 0 bridgehead atoms. The van der Waals surface area contributed by atoms with Crippen molar-refractivity contribution in [3.05, 3.63) is 53.9 Å². The number of hydrogen-bond acceptors (Lipinski definition) is 5. The molecule has 1 aromatic heterocycles. The van der Waals surface area contributed by atoms with Gasteiger partial charge in [0.1, 0.15) is 5.52 Å². The van der Waals surface area contributed by atoms with E-state index in [1.807, 2.05) is 20.8 Å². The third-order valence-electron chi connectivity index (χ3n) is 5.37. The molecule has 0 unspecified atom stereocenters. The van der Waals surface area contributed by atoms with Crippen molar-refractivity contribution in [2.24, 2.45) is 0 Å². The van der Waals surface area contributed by atoms with Gasteiger partial charge in [0.2, 0.25) is 15.9 Å². The number of nitrogens with zero attached hydrogens (tertiary/aromatic N) is 1. The molecule has 0 radical (unpaired) electrons. The van der Waals surface area contributed by atoms with Crippen LogP contribution >= 0.6 is 0 Å². The zero-order chi connectivity index (χ0) is 22.2. The topological polar surface area (TPSA) is 101 Å². The van der Waals surface area contributed by atoms with Crippen LogP contribution in [0.5, 0.6) is 0 Å². The molecule has 8 heteroatoms. The van der Waals surface area contributed by atoms with Gasteiger partial charge in [0.15, 0.2) is 5.58 Å². The minimum atomic E-state index is -3.67. The van der Waals surface area contributed by atoms with Crippen molar-refractivity contribution in [1.29, 1.82) is 0 Å². The van der Waals surface area contributed by atoms with Crippen molar-refractivity contribution in [1.82, 2.24) is 9.71 Å². The quantitative estimate of drug-likeness (QED) is 0.603. The van der Waals surface area contributed by atoms with E-state index < -0.39 is 15.9 Å². The number of carbonyl (C=O) groups excluding carboxylic acids is 1. The highest BCUT2D eigenvalue weighted by atomic mass is 32.2. The van der Waals surface area contributed by atoms with Gasteiger partial charge in [-0.2, -0.15) is 0 Å². The zero-order valence-electron chi connectivity index (χ0n) is 17.9. The van der Waals surface area contributed by atoms with E-state index in [1.165, 1.54) is 12.1 Å². The maximum absolute atomic E-state index is 12.8. The molecule has 0 spiro atoms. The Morgan fingerprint density at radius 1 is 1.10 bits per heavy atom. The molecule has 4 rings (SSSR count). The summed E-state index contributed by atoms with van der Waals surface area (Å²) in [4.78, 5) is 17.4. The molecular formula is C23H27N3O4S. The molecule has 1 heterocycles. The fourth-order valence-electron chi connectivity index (χ4n) is 3.66. The summed E-state index contributed by atoms with van der Waals surface area (Å²) in [6, 6.07) is 11.3. The van der Waals surface area contributed by atoms with E-state index in [-0.39, 0.29) is 21.9 Å². The molecule has 1 aliphatic rings. The van der Waals surface area contributed by atoms with E-state index in [9.17, 15) is 13.2 Å². The summed E-state index contributed by atoms with van der Waals surface area (Å²) in [7, 11) is -3.67. The lowest BCUT2D eigenvalue weighted by Crippen LogP contribution is -2.32.